The smallest absolute Gasteiger partial charge is 0.144 e. The average molecular weight is 379 g/mol. The molecule has 5 heteroatoms. The first kappa shape index (κ1) is 13.1. The Morgan fingerprint density at radius 3 is 2.59 bits per heavy atom. The van der Waals surface area contributed by atoms with Gasteiger partial charge >= 0.3 is 0 Å². The van der Waals surface area contributed by atoms with Gasteiger partial charge in [0.25, 0.3) is 0 Å². The second-order valence-corrected chi connectivity index (χ2v) is 5.66. The summed E-state index contributed by atoms with van der Waals surface area (Å²) in [6.45, 7) is 2.05. The first-order valence-corrected chi connectivity index (χ1v) is 7.06. The topological polar surface area (TPSA) is 22.1 Å². The molecular formula is C12H10Br2ClNO. The summed E-state index contributed by atoms with van der Waals surface area (Å²) in [6.07, 6.45) is 0.848. The van der Waals surface area contributed by atoms with Gasteiger partial charge in [0.1, 0.15) is 5.75 Å². The molecule has 2 rings (SSSR count). The zero-order valence-corrected chi connectivity index (χ0v) is 13.3. The van der Waals surface area contributed by atoms with Crippen molar-refractivity contribution in [3.63, 3.8) is 0 Å². The molecule has 0 amide bonds. The number of aromatic nitrogens is 1. The van der Waals surface area contributed by atoms with E-state index >= 15 is 0 Å². The van der Waals surface area contributed by atoms with E-state index in [2.05, 4.69) is 43.8 Å². The summed E-state index contributed by atoms with van der Waals surface area (Å²) < 4.78 is 7.13. The highest BCUT2D eigenvalue weighted by Crippen LogP contribution is 2.41. The number of nitrogens with zero attached hydrogens (tertiary/aromatic N) is 1. The maximum Gasteiger partial charge on any atom is 0.144 e. The van der Waals surface area contributed by atoms with E-state index in [4.69, 9.17) is 16.3 Å². The number of aryl methyl sites for hydroxylation is 1. The minimum absolute atomic E-state index is 0.658. The maximum absolute atomic E-state index is 6.31. The van der Waals surface area contributed by atoms with E-state index in [-0.39, 0.29) is 0 Å². The molecule has 0 saturated heterocycles. The lowest BCUT2D eigenvalue weighted by Gasteiger charge is -2.11. The van der Waals surface area contributed by atoms with Crippen LogP contribution in [-0.4, -0.2) is 12.1 Å². The molecule has 0 spiro atoms. The number of methoxy groups -OCH3 is 1. The van der Waals surface area contributed by atoms with Crippen molar-refractivity contribution < 1.29 is 4.74 Å². The summed E-state index contributed by atoms with van der Waals surface area (Å²) in [5.74, 6) is 0.711. The Hall–Kier alpha value is -0.320. The van der Waals surface area contributed by atoms with Gasteiger partial charge < -0.3 is 4.74 Å². The number of hydrogen-bond donors (Lipinski definition) is 0. The zero-order valence-electron chi connectivity index (χ0n) is 9.35. The van der Waals surface area contributed by atoms with Gasteiger partial charge in [-0.05, 0) is 50.4 Å². The van der Waals surface area contributed by atoms with E-state index in [1.807, 2.05) is 12.1 Å². The van der Waals surface area contributed by atoms with Crippen molar-refractivity contribution in [2.75, 3.05) is 7.11 Å². The van der Waals surface area contributed by atoms with Gasteiger partial charge in [0.2, 0.25) is 0 Å². The minimum atomic E-state index is 0.658. The van der Waals surface area contributed by atoms with Crippen LogP contribution in [0.1, 0.15) is 12.6 Å². The third-order valence-electron chi connectivity index (χ3n) is 2.51. The maximum atomic E-state index is 6.31. The van der Waals surface area contributed by atoms with Crippen molar-refractivity contribution >= 4 is 54.4 Å². The van der Waals surface area contributed by atoms with Crippen molar-refractivity contribution in [1.82, 2.24) is 4.98 Å². The molecule has 2 aromatic rings. The van der Waals surface area contributed by atoms with Gasteiger partial charge in [0.15, 0.2) is 0 Å². The summed E-state index contributed by atoms with van der Waals surface area (Å²) in [7, 11) is 1.62. The lowest BCUT2D eigenvalue weighted by atomic mass is 10.1. The predicted octanol–water partition coefficient (Wildman–Crippen LogP) is 4.98. The Labute approximate surface area is 122 Å². The largest absolute Gasteiger partial charge is 0.495 e. The summed E-state index contributed by atoms with van der Waals surface area (Å²) >= 11 is 13.3. The van der Waals surface area contributed by atoms with E-state index in [1.165, 1.54) is 0 Å². The van der Waals surface area contributed by atoms with Gasteiger partial charge in [-0.15, -0.1) is 0 Å². The number of rotatable bonds is 2. The summed E-state index contributed by atoms with van der Waals surface area (Å²) in [4.78, 5) is 4.57. The highest BCUT2D eigenvalue weighted by Gasteiger charge is 2.15. The van der Waals surface area contributed by atoms with E-state index in [0.29, 0.717) is 10.8 Å². The summed E-state index contributed by atoms with van der Waals surface area (Å²) in [5.41, 5.74) is 1.79. The first-order valence-electron chi connectivity index (χ1n) is 5.09. The van der Waals surface area contributed by atoms with E-state index in [9.17, 15) is 0 Å². The molecule has 1 heterocycles. The van der Waals surface area contributed by atoms with Crippen molar-refractivity contribution in [3.8, 4) is 5.75 Å². The molecule has 2 nitrogen and oxygen atoms in total. The van der Waals surface area contributed by atoms with Crippen LogP contribution in [0, 0.1) is 0 Å². The van der Waals surface area contributed by atoms with Gasteiger partial charge in [-0.3, -0.25) is 4.98 Å². The fourth-order valence-corrected chi connectivity index (χ4v) is 3.41. The Balaban J connectivity index is 2.92. The second-order valence-electron chi connectivity index (χ2n) is 3.55. The van der Waals surface area contributed by atoms with Crippen LogP contribution in [0.2, 0.25) is 5.02 Å². The monoisotopic (exact) mass is 377 g/mol. The lowest BCUT2D eigenvalue weighted by molar-refractivity contribution is 0.417. The fourth-order valence-electron chi connectivity index (χ4n) is 1.70. The van der Waals surface area contributed by atoms with Crippen molar-refractivity contribution in [2.45, 2.75) is 13.3 Å². The number of ether oxygens (including phenoxy) is 1. The zero-order chi connectivity index (χ0) is 12.6. The molecule has 0 atom stereocenters. The van der Waals surface area contributed by atoms with Gasteiger partial charge in [-0.1, -0.05) is 18.5 Å². The number of benzene rings is 1. The molecule has 0 radical (unpaired) electrons. The van der Waals surface area contributed by atoms with Crippen LogP contribution in [0.15, 0.2) is 21.1 Å². The molecule has 1 aromatic heterocycles. The third kappa shape index (κ3) is 2.30. The van der Waals surface area contributed by atoms with Crippen LogP contribution in [0.5, 0.6) is 5.75 Å². The van der Waals surface area contributed by atoms with Crippen LogP contribution in [0.3, 0.4) is 0 Å². The van der Waals surface area contributed by atoms with Gasteiger partial charge in [-0.2, -0.15) is 0 Å². The van der Waals surface area contributed by atoms with E-state index in [0.717, 1.165) is 32.0 Å². The Kier molecular flexibility index (Phi) is 3.95. The van der Waals surface area contributed by atoms with Crippen LogP contribution in [-0.2, 0) is 6.42 Å². The molecule has 0 aliphatic carbocycles. The first-order chi connectivity index (χ1) is 8.08. The van der Waals surface area contributed by atoms with E-state index in [1.54, 1.807) is 7.11 Å². The molecule has 0 N–H and O–H groups in total. The Morgan fingerprint density at radius 2 is 2.00 bits per heavy atom. The fraction of sp³-hybridized carbons (Fsp3) is 0.250. The molecule has 0 saturated carbocycles. The van der Waals surface area contributed by atoms with Gasteiger partial charge in [0, 0.05) is 10.2 Å². The quantitative estimate of drug-likeness (QED) is 0.734. The van der Waals surface area contributed by atoms with Crippen molar-refractivity contribution in [2.24, 2.45) is 0 Å². The highest BCUT2D eigenvalue weighted by molar-refractivity contribution is 9.11. The number of fused-ring (bicyclic) bond motifs is 1. The molecule has 0 aliphatic heterocycles. The molecule has 0 fully saturated rings. The predicted molar refractivity (Wildman–Crippen MR) is 78.1 cm³/mol. The standard InChI is InChI=1S/C12H10Br2ClNO/c1-3-6-4-9(15)10-11(16-6)7(13)5-8(14)12(10)17-2/h4-5H,3H2,1-2H3. The van der Waals surface area contributed by atoms with Crippen LogP contribution < -0.4 is 4.74 Å². The summed E-state index contributed by atoms with van der Waals surface area (Å²) in [5, 5.41) is 1.48. The van der Waals surface area contributed by atoms with Crippen LogP contribution >= 0.6 is 43.5 Å². The van der Waals surface area contributed by atoms with E-state index < -0.39 is 0 Å². The van der Waals surface area contributed by atoms with Crippen LogP contribution in [0.25, 0.3) is 10.9 Å². The van der Waals surface area contributed by atoms with Crippen LogP contribution in [0.4, 0.5) is 0 Å². The molecule has 0 aliphatic rings. The summed E-state index contributed by atoms with van der Waals surface area (Å²) in [6, 6.07) is 3.80. The normalized spacial score (nSPS) is 10.9. The minimum Gasteiger partial charge on any atom is -0.495 e. The molecule has 17 heavy (non-hydrogen) atoms. The molecule has 0 unspecified atom stereocenters. The molecule has 0 bridgehead atoms. The average Bonchev–Trinajstić information content (AvgIpc) is 2.30. The van der Waals surface area contributed by atoms with Crippen molar-refractivity contribution in [1.29, 1.82) is 0 Å². The van der Waals surface area contributed by atoms with Gasteiger partial charge in [0.05, 0.1) is 27.5 Å². The molecule has 1 aromatic carbocycles. The Morgan fingerprint density at radius 1 is 1.29 bits per heavy atom. The number of halogens is 3. The number of pyridine rings is 1. The van der Waals surface area contributed by atoms with Crippen molar-refractivity contribution in [3.05, 3.63) is 31.8 Å². The molecule has 90 valence electrons. The highest BCUT2D eigenvalue weighted by atomic mass is 79.9. The third-order valence-corrected chi connectivity index (χ3v) is 4.01. The number of hydrogen-bond acceptors (Lipinski definition) is 2. The SMILES string of the molecule is CCc1cc(Cl)c2c(OC)c(Br)cc(Br)c2n1. The molecular weight excluding hydrogens is 369 g/mol. The van der Waals surface area contributed by atoms with Gasteiger partial charge in [-0.25, -0.2) is 0 Å². The second kappa shape index (κ2) is 5.12. The Bertz CT molecular complexity index is 586. The lowest BCUT2D eigenvalue weighted by Crippen LogP contribution is -1.94.